The second kappa shape index (κ2) is 28.6. The van der Waals surface area contributed by atoms with Crippen molar-refractivity contribution in [1.29, 1.82) is 0 Å². The Balaban J connectivity index is 3.67. The van der Waals surface area contributed by atoms with E-state index in [4.69, 9.17) is 46.4 Å². The largest absolute Gasteiger partial charge is 0.500 e. The Morgan fingerprint density at radius 1 is 0.590 bits per heavy atom. The molecule has 0 aliphatic rings. The fourth-order valence-electron chi connectivity index (χ4n) is 3.31. The van der Waals surface area contributed by atoms with Crippen molar-refractivity contribution in [2.45, 2.75) is 33.2 Å². The summed E-state index contributed by atoms with van der Waals surface area (Å²) in [5, 5.41) is 9.50. The number of rotatable bonds is 31. The van der Waals surface area contributed by atoms with Crippen molar-refractivity contribution < 1.29 is 56.3 Å². The number of ether oxygens (including phenoxy) is 7. The average molecular weight is 588 g/mol. The third-order valence-corrected chi connectivity index (χ3v) is 8.22. The lowest BCUT2D eigenvalue weighted by Crippen LogP contribution is -2.46. The monoisotopic (exact) mass is 587 g/mol. The molecule has 0 rings (SSSR count). The van der Waals surface area contributed by atoms with E-state index < -0.39 is 14.9 Å². The second-order valence-corrected chi connectivity index (χ2v) is 10.8. The summed E-state index contributed by atoms with van der Waals surface area (Å²) in [5.41, 5.74) is 0. The molecule has 1 N–H and O–H groups in total. The molecule has 0 saturated carbocycles. The topological polar surface area (TPSA) is 133 Å². The summed E-state index contributed by atoms with van der Waals surface area (Å²) in [6.07, 6.45) is -0.394. The Morgan fingerprint density at radius 3 is 1.28 bits per heavy atom. The summed E-state index contributed by atoms with van der Waals surface area (Å²) in [5.74, 6) is 0. The summed E-state index contributed by atoms with van der Waals surface area (Å²) < 4.78 is 54.9. The third kappa shape index (κ3) is 23.5. The van der Waals surface area contributed by atoms with Gasteiger partial charge in [0.1, 0.15) is 0 Å². The molecule has 0 saturated heterocycles. The van der Waals surface area contributed by atoms with Crippen molar-refractivity contribution in [2.75, 3.05) is 126 Å². The lowest BCUT2D eigenvalue weighted by Gasteiger charge is -2.29. The molecule has 13 nitrogen and oxygen atoms in total. The highest BCUT2D eigenvalue weighted by atomic mass is 28.4. The molecule has 0 radical (unpaired) electrons. The van der Waals surface area contributed by atoms with Crippen LogP contribution in [-0.4, -0.2) is 151 Å². The van der Waals surface area contributed by atoms with Gasteiger partial charge in [0, 0.05) is 46.1 Å². The van der Waals surface area contributed by atoms with Crippen LogP contribution >= 0.6 is 0 Å². The van der Waals surface area contributed by atoms with Crippen molar-refractivity contribution in [3.8, 4) is 0 Å². The van der Waals surface area contributed by atoms with Gasteiger partial charge in [-0.25, -0.2) is 4.79 Å². The van der Waals surface area contributed by atoms with Crippen LogP contribution in [0.1, 0.15) is 27.2 Å². The van der Waals surface area contributed by atoms with Gasteiger partial charge in [-0.3, -0.25) is 0 Å². The van der Waals surface area contributed by atoms with Crippen LogP contribution in [0.4, 0.5) is 4.79 Å². The normalized spacial score (nSPS) is 11.8. The number of hydrogen-bond donors (Lipinski definition) is 1. The molecule has 0 spiro atoms. The van der Waals surface area contributed by atoms with Crippen LogP contribution in [0.25, 0.3) is 0 Å². The summed E-state index contributed by atoms with van der Waals surface area (Å²) in [6, 6.07) is 0.565. The molecule has 0 aromatic carbocycles. The summed E-state index contributed by atoms with van der Waals surface area (Å²) in [6.45, 7) is 14.0. The minimum atomic E-state index is -2.77. The molecule has 39 heavy (non-hydrogen) atoms. The summed E-state index contributed by atoms with van der Waals surface area (Å²) in [4.78, 5) is 12.9. The second-order valence-electron chi connectivity index (χ2n) is 8.02. The fourth-order valence-corrected chi connectivity index (χ4v) is 5.90. The van der Waals surface area contributed by atoms with Gasteiger partial charge in [-0.2, -0.15) is 0 Å². The van der Waals surface area contributed by atoms with Crippen LogP contribution in [0.15, 0.2) is 0 Å². The first-order valence-corrected chi connectivity index (χ1v) is 15.8. The molecule has 0 aromatic rings. The zero-order valence-electron chi connectivity index (χ0n) is 24.5. The van der Waals surface area contributed by atoms with Crippen LogP contribution in [0.2, 0.25) is 6.04 Å². The molecule has 0 atom stereocenters. The number of carbonyl (C=O) groups is 1. The Labute approximate surface area is 235 Å². The minimum Gasteiger partial charge on any atom is -0.465 e. The minimum absolute atomic E-state index is 0.276. The van der Waals surface area contributed by atoms with Gasteiger partial charge in [-0.1, -0.05) is 0 Å². The molecular weight excluding hydrogens is 534 g/mol. The van der Waals surface area contributed by atoms with Gasteiger partial charge in [0.25, 0.3) is 0 Å². The lowest BCUT2D eigenvalue weighted by molar-refractivity contribution is -0.0195. The standard InChI is InChI=1S/C25H53NO12Si/c1-5-36-39(37-6-2,38-7-3)24-8-9-26(25(27)28)10-11-30-14-15-32-18-19-34-22-23-35-21-20-33-17-16-31-13-12-29-4/h5-24H2,1-4H3,(H,27,28). The quantitative estimate of drug-likeness (QED) is 0.0941. The van der Waals surface area contributed by atoms with Gasteiger partial charge in [-0.05, 0) is 27.2 Å². The Morgan fingerprint density at radius 2 is 0.949 bits per heavy atom. The number of methoxy groups -OCH3 is 1. The molecule has 0 heterocycles. The van der Waals surface area contributed by atoms with Gasteiger partial charge >= 0.3 is 14.9 Å². The third-order valence-electron chi connectivity index (χ3n) is 5.07. The first kappa shape index (κ1) is 38.1. The molecule has 1 amide bonds. The Bertz CT molecular complexity index is 518. The van der Waals surface area contributed by atoms with E-state index >= 15 is 0 Å². The first-order chi connectivity index (χ1) is 19.0. The lowest BCUT2D eigenvalue weighted by atomic mass is 10.4. The first-order valence-electron chi connectivity index (χ1n) is 13.9. The maximum Gasteiger partial charge on any atom is 0.500 e. The van der Waals surface area contributed by atoms with Crippen LogP contribution in [-0.2, 0) is 46.4 Å². The van der Waals surface area contributed by atoms with E-state index in [9.17, 15) is 9.90 Å². The molecule has 0 bridgehead atoms. The van der Waals surface area contributed by atoms with E-state index in [0.29, 0.717) is 125 Å². The zero-order valence-corrected chi connectivity index (χ0v) is 25.5. The number of amides is 1. The van der Waals surface area contributed by atoms with Crippen molar-refractivity contribution in [2.24, 2.45) is 0 Å². The maximum atomic E-state index is 11.6. The maximum absolute atomic E-state index is 11.6. The SMILES string of the molecule is CCO[Si](CCCN(CCOCCOCCOCCOCCOCCOCCOC)C(=O)O)(OCC)OCC. The number of hydrogen-bond acceptors (Lipinski definition) is 11. The fraction of sp³-hybridized carbons (Fsp3) is 0.960. The van der Waals surface area contributed by atoms with E-state index in [2.05, 4.69) is 0 Å². The predicted molar refractivity (Wildman–Crippen MR) is 146 cm³/mol. The van der Waals surface area contributed by atoms with Crippen LogP contribution in [0.3, 0.4) is 0 Å². The Kier molecular flexibility index (Phi) is 27.9. The van der Waals surface area contributed by atoms with Crippen molar-refractivity contribution >= 4 is 14.9 Å². The van der Waals surface area contributed by atoms with Gasteiger partial charge in [0.2, 0.25) is 0 Å². The molecule has 14 heteroatoms. The highest BCUT2D eigenvalue weighted by Gasteiger charge is 2.39. The number of nitrogens with zero attached hydrogens (tertiary/aromatic N) is 1. The van der Waals surface area contributed by atoms with Gasteiger partial charge in [0.05, 0.1) is 85.9 Å². The van der Waals surface area contributed by atoms with E-state index in [1.807, 2.05) is 20.8 Å². The highest BCUT2D eigenvalue weighted by Crippen LogP contribution is 2.18. The average Bonchev–Trinajstić information content (AvgIpc) is 2.91. The molecule has 234 valence electrons. The molecular formula is C25H53NO12Si. The molecule has 0 aliphatic carbocycles. The van der Waals surface area contributed by atoms with E-state index in [1.165, 1.54) is 4.90 Å². The van der Waals surface area contributed by atoms with Crippen molar-refractivity contribution in [3.63, 3.8) is 0 Å². The highest BCUT2D eigenvalue weighted by molar-refractivity contribution is 6.60. The van der Waals surface area contributed by atoms with Gasteiger partial charge in [0.15, 0.2) is 0 Å². The zero-order chi connectivity index (χ0) is 28.9. The van der Waals surface area contributed by atoms with Gasteiger partial charge < -0.3 is 56.4 Å². The number of carboxylic acid groups (broad SMARTS) is 1. The van der Waals surface area contributed by atoms with Gasteiger partial charge in [-0.15, -0.1) is 0 Å². The smallest absolute Gasteiger partial charge is 0.465 e. The van der Waals surface area contributed by atoms with Crippen LogP contribution in [0, 0.1) is 0 Å². The van der Waals surface area contributed by atoms with Crippen LogP contribution in [0.5, 0.6) is 0 Å². The Hall–Kier alpha value is -0.913. The predicted octanol–water partition coefficient (Wildman–Crippen LogP) is 2.15. The van der Waals surface area contributed by atoms with Crippen LogP contribution < -0.4 is 0 Å². The summed E-state index contributed by atoms with van der Waals surface area (Å²) in [7, 11) is -1.14. The van der Waals surface area contributed by atoms with E-state index in [1.54, 1.807) is 7.11 Å². The van der Waals surface area contributed by atoms with E-state index in [-0.39, 0.29) is 6.54 Å². The van der Waals surface area contributed by atoms with Crippen molar-refractivity contribution in [1.82, 2.24) is 4.90 Å². The van der Waals surface area contributed by atoms with Crippen molar-refractivity contribution in [3.05, 3.63) is 0 Å². The molecule has 0 aliphatic heterocycles. The van der Waals surface area contributed by atoms with E-state index in [0.717, 1.165) is 0 Å². The molecule has 0 unspecified atom stereocenters. The summed E-state index contributed by atoms with van der Waals surface area (Å²) >= 11 is 0. The molecule has 0 fully saturated rings. The molecule has 0 aromatic heterocycles.